The average Bonchev–Trinajstić information content (AvgIpc) is 2.61. The van der Waals surface area contributed by atoms with E-state index in [1.54, 1.807) is 31.3 Å². The van der Waals surface area contributed by atoms with Gasteiger partial charge in [0.05, 0.1) is 0 Å². The SMILES string of the molecule is CNc1nc(C(=O)NCc2ccc(F)cc2)c(O)c2ncccc12. The van der Waals surface area contributed by atoms with Crippen molar-refractivity contribution in [2.75, 3.05) is 12.4 Å². The molecule has 0 aliphatic carbocycles. The summed E-state index contributed by atoms with van der Waals surface area (Å²) in [4.78, 5) is 20.6. The van der Waals surface area contributed by atoms with Gasteiger partial charge in [-0.15, -0.1) is 0 Å². The third-order valence-corrected chi connectivity index (χ3v) is 3.55. The molecule has 0 bridgehead atoms. The lowest BCUT2D eigenvalue weighted by Crippen LogP contribution is -2.24. The Kier molecular flexibility index (Phi) is 4.24. The summed E-state index contributed by atoms with van der Waals surface area (Å²) in [6.45, 7) is 0.190. The van der Waals surface area contributed by atoms with Crippen LogP contribution in [0, 0.1) is 5.82 Å². The summed E-state index contributed by atoms with van der Waals surface area (Å²) in [5, 5.41) is 16.5. The van der Waals surface area contributed by atoms with Crippen LogP contribution in [0.5, 0.6) is 5.75 Å². The topological polar surface area (TPSA) is 87.1 Å². The van der Waals surface area contributed by atoms with E-state index in [0.29, 0.717) is 16.7 Å². The van der Waals surface area contributed by atoms with E-state index in [9.17, 15) is 14.3 Å². The first-order valence-corrected chi connectivity index (χ1v) is 7.28. The number of amides is 1. The van der Waals surface area contributed by atoms with Crippen molar-refractivity contribution in [3.8, 4) is 5.75 Å². The van der Waals surface area contributed by atoms with E-state index in [4.69, 9.17) is 0 Å². The van der Waals surface area contributed by atoms with Crippen molar-refractivity contribution in [3.05, 3.63) is 59.7 Å². The number of hydrogen-bond acceptors (Lipinski definition) is 5. The lowest BCUT2D eigenvalue weighted by molar-refractivity contribution is 0.0943. The normalized spacial score (nSPS) is 10.6. The zero-order chi connectivity index (χ0) is 17.1. The fourth-order valence-electron chi connectivity index (χ4n) is 2.34. The van der Waals surface area contributed by atoms with Crippen molar-refractivity contribution in [2.24, 2.45) is 0 Å². The summed E-state index contributed by atoms with van der Waals surface area (Å²) in [5.41, 5.74) is 0.911. The van der Waals surface area contributed by atoms with Gasteiger partial charge in [-0.05, 0) is 29.8 Å². The molecule has 0 atom stereocenters. The number of benzene rings is 1. The van der Waals surface area contributed by atoms with Gasteiger partial charge in [-0.25, -0.2) is 9.37 Å². The molecule has 0 aliphatic heterocycles. The summed E-state index contributed by atoms with van der Waals surface area (Å²) < 4.78 is 12.9. The van der Waals surface area contributed by atoms with Gasteiger partial charge in [-0.1, -0.05) is 12.1 Å². The second kappa shape index (κ2) is 6.49. The Morgan fingerprint density at radius 3 is 2.71 bits per heavy atom. The van der Waals surface area contributed by atoms with Gasteiger partial charge in [0.2, 0.25) is 0 Å². The Bertz CT molecular complexity index is 897. The van der Waals surface area contributed by atoms with E-state index in [2.05, 4.69) is 20.6 Å². The van der Waals surface area contributed by atoms with E-state index in [0.717, 1.165) is 5.56 Å². The van der Waals surface area contributed by atoms with Crippen LogP contribution in [0.15, 0.2) is 42.6 Å². The molecule has 0 spiro atoms. The highest BCUT2D eigenvalue weighted by molar-refractivity contribution is 6.03. The Morgan fingerprint density at radius 2 is 2.00 bits per heavy atom. The van der Waals surface area contributed by atoms with Crippen LogP contribution in [0.25, 0.3) is 10.9 Å². The first kappa shape index (κ1) is 15.7. The summed E-state index contributed by atoms with van der Waals surface area (Å²) in [7, 11) is 1.67. The van der Waals surface area contributed by atoms with Crippen LogP contribution >= 0.6 is 0 Å². The zero-order valence-electron chi connectivity index (χ0n) is 12.9. The first-order valence-electron chi connectivity index (χ1n) is 7.28. The zero-order valence-corrected chi connectivity index (χ0v) is 12.9. The maximum Gasteiger partial charge on any atom is 0.274 e. The Hall–Kier alpha value is -3.22. The fourth-order valence-corrected chi connectivity index (χ4v) is 2.34. The second-order valence-electron chi connectivity index (χ2n) is 5.12. The summed E-state index contributed by atoms with van der Waals surface area (Å²) in [6.07, 6.45) is 1.53. The molecule has 0 radical (unpaired) electrons. The minimum atomic E-state index is -0.541. The minimum absolute atomic E-state index is 0.118. The van der Waals surface area contributed by atoms with E-state index in [1.807, 2.05) is 0 Å². The summed E-state index contributed by atoms with van der Waals surface area (Å²) in [5.74, 6) is -0.714. The molecule has 2 heterocycles. The van der Waals surface area contributed by atoms with E-state index >= 15 is 0 Å². The highest BCUT2D eigenvalue weighted by Gasteiger charge is 2.19. The highest BCUT2D eigenvalue weighted by atomic mass is 19.1. The largest absolute Gasteiger partial charge is 0.504 e. The molecule has 1 aromatic carbocycles. The maximum absolute atomic E-state index is 12.9. The van der Waals surface area contributed by atoms with E-state index in [1.165, 1.54) is 18.3 Å². The number of rotatable bonds is 4. The predicted molar refractivity (Wildman–Crippen MR) is 88.3 cm³/mol. The molecular formula is C17H15FN4O2. The van der Waals surface area contributed by atoms with Gasteiger partial charge >= 0.3 is 0 Å². The highest BCUT2D eigenvalue weighted by Crippen LogP contribution is 2.30. The number of nitrogens with zero attached hydrogens (tertiary/aromatic N) is 2. The van der Waals surface area contributed by atoms with Crippen molar-refractivity contribution in [3.63, 3.8) is 0 Å². The number of aromatic nitrogens is 2. The molecule has 3 rings (SSSR count). The van der Waals surface area contributed by atoms with Crippen molar-refractivity contribution in [2.45, 2.75) is 6.54 Å². The van der Waals surface area contributed by atoms with Crippen LogP contribution in [0.2, 0.25) is 0 Å². The van der Waals surface area contributed by atoms with E-state index < -0.39 is 5.91 Å². The fraction of sp³-hybridized carbons (Fsp3) is 0.118. The molecular weight excluding hydrogens is 311 g/mol. The smallest absolute Gasteiger partial charge is 0.274 e. The Morgan fingerprint density at radius 1 is 1.25 bits per heavy atom. The number of carbonyl (C=O) groups excluding carboxylic acids is 1. The first-order chi connectivity index (χ1) is 11.6. The van der Waals surface area contributed by atoms with Gasteiger partial charge in [0.25, 0.3) is 5.91 Å². The molecule has 2 aromatic heterocycles. The van der Waals surface area contributed by atoms with Crippen molar-refractivity contribution >= 4 is 22.6 Å². The van der Waals surface area contributed by atoms with Gasteiger partial charge in [-0.3, -0.25) is 9.78 Å². The van der Waals surface area contributed by atoms with Crippen LogP contribution in [-0.2, 0) is 6.54 Å². The molecule has 3 N–H and O–H groups in total. The van der Waals surface area contributed by atoms with Crippen LogP contribution in [0.1, 0.15) is 16.1 Å². The lowest BCUT2D eigenvalue weighted by atomic mass is 10.2. The molecule has 24 heavy (non-hydrogen) atoms. The van der Waals surface area contributed by atoms with Crippen LogP contribution in [0.4, 0.5) is 10.2 Å². The van der Waals surface area contributed by atoms with Crippen molar-refractivity contribution in [1.29, 1.82) is 0 Å². The summed E-state index contributed by atoms with van der Waals surface area (Å²) >= 11 is 0. The predicted octanol–water partition coefficient (Wildman–Crippen LogP) is 2.45. The monoisotopic (exact) mass is 326 g/mol. The number of carbonyl (C=O) groups is 1. The third-order valence-electron chi connectivity index (χ3n) is 3.55. The molecule has 122 valence electrons. The molecule has 0 unspecified atom stereocenters. The van der Waals surface area contributed by atoms with Crippen LogP contribution < -0.4 is 10.6 Å². The number of halogens is 1. The molecule has 1 amide bonds. The number of fused-ring (bicyclic) bond motifs is 1. The van der Waals surface area contributed by atoms with Crippen molar-refractivity contribution in [1.82, 2.24) is 15.3 Å². The third kappa shape index (κ3) is 2.96. The van der Waals surface area contributed by atoms with Crippen molar-refractivity contribution < 1.29 is 14.3 Å². The molecule has 0 saturated carbocycles. The van der Waals surface area contributed by atoms with E-state index in [-0.39, 0.29) is 23.8 Å². The van der Waals surface area contributed by atoms with Gasteiger partial charge in [0.15, 0.2) is 11.4 Å². The van der Waals surface area contributed by atoms with Crippen LogP contribution in [0.3, 0.4) is 0 Å². The molecule has 0 fully saturated rings. The van der Waals surface area contributed by atoms with Gasteiger partial charge in [-0.2, -0.15) is 0 Å². The Labute approximate surface area is 137 Å². The quantitative estimate of drug-likeness (QED) is 0.685. The number of nitrogens with one attached hydrogen (secondary N) is 2. The molecule has 6 nitrogen and oxygen atoms in total. The molecule has 0 saturated heterocycles. The molecule has 0 aliphatic rings. The number of aromatic hydroxyl groups is 1. The average molecular weight is 326 g/mol. The summed E-state index contributed by atoms with van der Waals surface area (Å²) in [6, 6.07) is 9.25. The molecule has 7 heteroatoms. The number of hydrogen-bond donors (Lipinski definition) is 3. The van der Waals surface area contributed by atoms with Gasteiger partial charge < -0.3 is 15.7 Å². The second-order valence-corrected chi connectivity index (χ2v) is 5.12. The van der Waals surface area contributed by atoms with Gasteiger partial charge in [0.1, 0.15) is 17.2 Å². The van der Waals surface area contributed by atoms with Gasteiger partial charge in [0, 0.05) is 25.2 Å². The number of anilines is 1. The minimum Gasteiger partial charge on any atom is -0.504 e. The molecule has 3 aromatic rings. The van der Waals surface area contributed by atoms with Crippen LogP contribution in [-0.4, -0.2) is 28.0 Å². The maximum atomic E-state index is 12.9. The Balaban J connectivity index is 1.89. The lowest BCUT2D eigenvalue weighted by Gasteiger charge is -2.11. The standard InChI is InChI=1S/C17H15FN4O2/c1-19-16-12-3-2-8-20-13(12)15(23)14(22-16)17(24)21-9-10-4-6-11(18)7-5-10/h2-8,23H,9H2,1H3,(H,19,22)(H,21,24). The number of pyridine rings is 2.